The standard InChI is InChI=1S/C12H8F2O2/c13-8-3-4-9(14)12-7(8)5-10(16-12)11(15)6-1-2-6/h3-6H,1-2H2. The van der Waals surface area contributed by atoms with Gasteiger partial charge in [0.25, 0.3) is 0 Å². The van der Waals surface area contributed by atoms with Crippen molar-refractivity contribution in [1.29, 1.82) is 0 Å². The van der Waals surface area contributed by atoms with Gasteiger partial charge in [-0.3, -0.25) is 4.79 Å². The molecule has 0 saturated heterocycles. The maximum Gasteiger partial charge on any atom is 0.201 e. The summed E-state index contributed by atoms with van der Waals surface area (Å²) >= 11 is 0. The van der Waals surface area contributed by atoms with Crippen LogP contribution in [0.1, 0.15) is 23.4 Å². The fraction of sp³-hybridized carbons (Fsp3) is 0.250. The molecule has 0 spiro atoms. The Balaban J connectivity index is 2.18. The van der Waals surface area contributed by atoms with Crippen LogP contribution in [0.15, 0.2) is 22.6 Å². The number of Topliss-reactive ketones (excluding diaryl/α,β-unsaturated/α-hetero) is 1. The average Bonchev–Trinajstić information content (AvgIpc) is 3.01. The Kier molecular flexibility index (Phi) is 1.87. The SMILES string of the molecule is O=C(c1cc2c(F)ccc(F)c2o1)C1CC1. The number of furan rings is 1. The quantitative estimate of drug-likeness (QED) is 0.730. The summed E-state index contributed by atoms with van der Waals surface area (Å²) in [4.78, 5) is 11.7. The summed E-state index contributed by atoms with van der Waals surface area (Å²) in [6, 6.07) is 3.31. The second-order valence-corrected chi connectivity index (χ2v) is 4.02. The molecular formula is C12H8F2O2. The Morgan fingerprint density at radius 2 is 1.94 bits per heavy atom. The predicted octanol–water partition coefficient (Wildman–Crippen LogP) is 3.30. The first kappa shape index (κ1) is 9.51. The van der Waals surface area contributed by atoms with Crippen molar-refractivity contribution in [2.24, 2.45) is 5.92 Å². The molecule has 1 fully saturated rings. The minimum atomic E-state index is -0.647. The molecule has 0 atom stereocenters. The summed E-state index contributed by atoms with van der Waals surface area (Å²) in [5.41, 5.74) is -0.177. The normalized spacial score (nSPS) is 15.6. The van der Waals surface area contributed by atoms with Gasteiger partial charge in [0.15, 0.2) is 17.2 Å². The van der Waals surface area contributed by atoms with Crippen LogP contribution in [0.25, 0.3) is 11.0 Å². The van der Waals surface area contributed by atoms with Gasteiger partial charge >= 0.3 is 0 Å². The van der Waals surface area contributed by atoms with E-state index in [1.165, 1.54) is 6.07 Å². The lowest BCUT2D eigenvalue weighted by atomic mass is 10.2. The third-order valence-electron chi connectivity index (χ3n) is 2.77. The first-order chi connectivity index (χ1) is 7.66. The summed E-state index contributed by atoms with van der Waals surface area (Å²) in [5.74, 6) is -1.34. The number of carbonyl (C=O) groups excluding carboxylic acids is 1. The molecule has 0 amide bonds. The van der Waals surface area contributed by atoms with Crippen molar-refractivity contribution < 1.29 is 18.0 Å². The minimum Gasteiger partial charge on any atom is -0.450 e. The number of carbonyl (C=O) groups is 1. The van der Waals surface area contributed by atoms with Gasteiger partial charge in [0.1, 0.15) is 5.82 Å². The highest BCUT2D eigenvalue weighted by molar-refractivity contribution is 6.00. The lowest BCUT2D eigenvalue weighted by Gasteiger charge is -1.91. The zero-order valence-electron chi connectivity index (χ0n) is 8.30. The van der Waals surface area contributed by atoms with E-state index in [4.69, 9.17) is 4.42 Å². The molecule has 1 aromatic carbocycles. The number of halogens is 2. The minimum absolute atomic E-state index is 0.0216. The van der Waals surface area contributed by atoms with Gasteiger partial charge < -0.3 is 4.42 Å². The largest absolute Gasteiger partial charge is 0.450 e. The predicted molar refractivity (Wildman–Crippen MR) is 53.2 cm³/mol. The van der Waals surface area contributed by atoms with Crippen LogP contribution in [0, 0.1) is 17.6 Å². The number of benzene rings is 1. The molecule has 2 nitrogen and oxygen atoms in total. The van der Waals surface area contributed by atoms with E-state index in [0.717, 1.165) is 25.0 Å². The van der Waals surface area contributed by atoms with Crippen molar-refractivity contribution in [1.82, 2.24) is 0 Å². The average molecular weight is 222 g/mol. The van der Waals surface area contributed by atoms with Crippen molar-refractivity contribution in [3.8, 4) is 0 Å². The molecule has 0 aliphatic heterocycles. The van der Waals surface area contributed by atoms with Crippen LogP contribution in [-0.2, 0) is 0 Å². The van der Waals surface area contributed by atoms with Crippen LogP contribution in [-0.4, -0.2) is 5.78 Å². The van der Waals surface area contributed by atoms with E-state index >= 15 is 0 Å². The van der Waals surface area contributed by atoms with Gasteiger partial charge in [0, 0.05) is 5.92 Å². The zero-order chi connectivity index (χ0) is 11.3. The Hall–Kier alpha value is -1.71. The van der Waals surface area contributed by atoms with E-state index in [9.17, 15) is 13.6 Å². The fourth-order valence-corrected chi connectivity index (χ4v) is 1.73. The zero-order valence-corrected chi connectivity index (χ0v) is 8.30. The second-order valence-electron chi connectivity index (χ2n) is 4.02. The third-order valence-corrected chi connectivity index (χ3v) is 2.77. The molecule has 2 aromatic rings. The van der Waals surface area contributed by atoms with Gasteiger partial charge in [-0.1, -0.05) is 0 Å². The molecule has 1 saturated carbocycles. The van der Waals surface area contributed by atoms with Gasteiger partial charge in [-0.2, -0.15) is 0 Å². The second kappa shape index (κ2) is 3.14. The molecule has 4 heteroatoms. The van der Waals surface area contributed by atoms with Crippen molar-refractivity contribution in [3.63, 3.8) is 0 Å². The van der Waals surface area contributed by atoms with E-state index in [0.29, 0.717) is 0 Å². The Morgan fingerprint density at radius 3 is 2.56 bits per heavy atom. The lowest BCUT2D eigenvalue weighted by Crippen LogP contribution is -1.98. The lowest BCUT2D eigenvalue weighted by molar-refractivity contribution is 0.0942. The van der Waals surface area contributed by atoms with E-state index < -0.39 is 11.6 Å². The van der Waals surface area contributed by atoms with Gasteiger partial charge in [-0.05, 0) is 31.0 Å². The molecule has 0 unspecified atom stereocenters. The molecular weight excluding hydrogens is 214 g/mol. The first-order valence-electron chi connectivity index (χ1n) is 5.08. The first-order valence-corrected chi connectivity index (χ1v) is 5.08. The van der Waals surface area contributed by atoms with Crippen LogP contribution < -0.4 is 0 Å². The molecule has 3 rings (SSSR count). The molecule has 1 aromatic heterocycles. The van der Waals surface area contributed by atoms with Crippen molar-refractivity contribution in [3.05, 3.63) is 35.6 Å². The van der Waals surface area contributed by atoms with Crippen molar-refractivity contribution in [2.45, 2.75) is 12.8 Å². The number of ketones is 1. The topological polar surface area (TPSA) is 30.2 Å². The van der Waals surface area contributed by atoms with Crippen LogP contribution in [0.2, 0.25) is 0 Å². The van der Waals surface area contributed by atoms with Gasteiger partial charge in [-0.25, -0.2) is 8.78 Å². The highest BCUT2D eigenvalue weighted by atomic mass is 19.1. The number of hydrogen-bond acceptors (Lipinski definition) is 2. The highest BCUT2D eigenvalue weighted by Gasteiger charge is 2.33. The number of hydrogen-bond donors (Lipinski definition) is 0. The van der Waals surface area contributed by atoms with Gasteiger partial charge in [0.2, 0.25) is 5.78 Å². The monoisotopic (exact) mass is 222 g/mol. The van der Waals surface area contributed by atoms with Crippen molar-refractivity contribution >= 4 is 16.8 Å². The number of fused-ring (bicyclic) bond motifs is 1. The number of rotatable bonds is 2. The maximum atomic E-state index is 13.3. The van der Waals surface area contributed by atoms with Crippen LogP contribution in [0.3, 0.4) is 0 Å². The molecule has 16 heavy (non-hydrogen) atoms. The summed E-state index contributed by atoms with van der Waals surface area (Å²) in [6.07, 6.45) is 1.67. The van der Waals surface area contributed by atoms with Crippen molar-refractivity contribution in [2.75, 3.05) is 0 Å². The molecule has 0 radical (unpaired) electrons. The fourth-order valence-electron chi connectivity index (χ4n) is 1.73. The molecule has 0 N–H and O–H groups in total. The molecule has 0 bridgehead atoms. The van der Waals surface area contributed by atoms with Crippen LogP contribution in [0.4, 0.5) is 8.78 Å². The van der Waals surface area contributed by atoms with E-state index in [1.54, 1.807) is 0 Å². The molecule has 1 aliphatic rings. The van der Waals surface area contributed by atoms with E-state index in [1.807, 2.05) is 0 Å². The maximum absolute atomic E-state index is 13.3. The highest BCUT2D eigenvalue weighted by Crippen LogP contribution is 2.35. The van der Waals surface area contributed by atoms with E-state index in [-0.39, 0.29) is 28.4 Å². The summed E-state index contributed by atoms with van der Waals surface area (Å²) in [6.45, 7) is 0. The Labute approximate surface area is 89.9 Å². The van der Waals surface area contributed by atoms with Gasteiger partial charge in [-0.15, -0.1) is 0 Å². The smallest absolute Gasteiger partial charge is 0.201 e. The third kappa shape index (κ3) is 1.33. The van der Waals surface area contributed by atoms with Gasteiger partial charge in [0.05, 0.1) is 5.39 Å². The summed E-state index contributed by atoms with van der Waals surface area (Å²) in [7, 11) is 0. The van der Waals surface area contributed by atoms with E-state index in [2.05, 4.69) is 0 Å². The Morgan fingerprint density at radius 1 is 1.25 bits per heavy atom. The van der Waals surface area contributed by atoms with Crippen LogP contribution >= 0.6 is 0 Å². The molecule has 82 valence electrons. The van der Waals surface area contributed by atoms with Crippen LogP contribution in [0.5, 0.6) is 0 Å². The summed E-state index contributed by atoms with van der Waals surface area (Å²) in [5, 5.41) is 0.0315. The summed E-state index contributed by atoms with van der Waals surface area (Å²) < 4.78 is 31.7. The Bertz CT molecular complexity index is 543. The molecule has 1 aliphatic carbocycles. The molecule has 1 heterocycles.